The summed E-state index contributed by atoms with van der Waals surface area (Å²) in [6, 6.07) is 9.49. The second-order valence-electron chi connectivity index (χ2n) is 3.22. The van der Waals surface area contributed by atoms with E-state index in [-0.39, 0.29) is 6.61 Å². The maximum atomic E-state index is 9.02. The number of thiol groups is 1. The van der Waals surface area contributed by atoms with Crippen LogP contribution in [0.25, 0.3) is 10.8 Å². The number of benzene rings is 2. The number of hydrogen-bond donors (Lipinski definition) is 3. The Morgan fingerprint density at radius 2 is 2.07 bits per heavy atom. The highest BCUT2D eigenvalue weighted by Gasteiger charge is 2.03. The molecule has 0 aliphatic heterocycles. The average molecular weight is 205 g/mol. The van der Waals surface area contributed by atoms with E-state index in [1.165, 1.54) is 0 Å². The molecule has 0 saturated carbocycles. The van der Waals surface area contributed by atoms with Crippen LogP contribution in [0.4, 0.5) is 5.69 Å². The van der Waals surface area contributed by atoms with E-state index in [0.717, 1.165) is 21.2 Å². The molecule has 0 bridgehead atoms. The summed E-state index contributed by atoms with van der Waals surface area (Å²) >= 11 is 4.34. The van der Waals surface area contributed by atoms with Gasteiger partial charge in [0.05, 0.1) is 6.61 Å². The molecule has 0 atom stereocenters. The normalized spacial score (nSPS) is 10.7. The maximum Gasteiger partial charge on any atom is 0.0682 e. The first-order valence-corrected chi connectivity index (χ1v) is 4.78. The van der Waals surface area contributed by atoms with Crippen LogP contribution in [0.5, 0.6) is 0 Å². The van der Waals surface area contributed by atoms with Gasteiger partial charge in [-0.2, -0.15) is 0 Å². The zero-order valence-electron chi connectivity index (χ0n) is 7.57. The number of fused-ring (bicyclic) bond motifs is 1. The molecule has 0 aliphatic rings. The van der Waals surface area contributed by atoms with Crippen molar-refractivity contribution < 1.29 is 5.11 Å². The second kappa shape index (κ2) is 3.52. The van der Waals surface area contributed by atoms with E-state index < -0.39 is 0 Å². The Balaban J connectivity index is 2.83. The predicted molar refractivity (Wildman–Crippen MR) is 61.5 cm³/mol. The van der Waals surface area contributed by atoms with E-state index in [4.69, 9.17) is 10.8 Å². The van der Waals surface area contributed by atoms with Gasteiger partial charge in [0.2, 0.25) is 0 Å². The molecule has 3 N–H and O–H groups in total. The summed E-state index contributed by atoms with van der Waals surface area (Å²) in [5.41, 5.74) is 7.37. The van der Waals surface area contributed by atoms with Gasteiger partial charge in [0, 0.05) is 16.0 Å². The molecule has 2 aromatic rings. The summed E-state index contributed by atoms with van der Waals surface area (Å²) in [6.07, 6.45) is 0. The van der Waals surface area contributed by atoms with Crippen molar-refractivity contribution in [1.29, 1.82) is 0 Å². The summed E-state index contributed by atoms with van der Waals surface area (Å²) in [4.78, 5) is 0.865. The molecule has 14 heavy (non-hydrogen) atoms. The van der Waals surface area contributed by atoms with Crippen LogP contribution in [0.1, 0.15) is 5.56 Å². The van der Waals surface area contributed by atoms with Gasteiger partial charge in [-0.1, -0.05) is 12.1 Å². The average Bonchev–Trinajstić information content (AvgIpc) is 2.17. The van der Waals surface area contributed by atoms with Gasteiger partial charge in [0.1, 0.15) is 0 Å². The standard InChI is InChI=1S/C11H11NOS/c12-9-5-7(6-13)4-8-2-1-3-10(14)11(8)9/h1-5,13-14H,6,12H2. The zero-order valence-corrected chi connectivity index (χ0v) is 8.46. The Morgan fingerprint density at radius 1 is 1.29 bits per heavy atom. The van der Waals surface area contributed by atoms with Crippen molar-refractivity contribution in [3.05, 3.63) is 35.9 Å². The third kappa shape index (κ3) is 1.45. The molecule has 0 saturated heterocycles. The van der Waals surface area contributed by atoms with Crippen molar-refractivity contribution in [3.8, 4) is 0 Å². The van der Waals surface area contributed by atoms with Crippen LogP contribution in [-0.2, 0) is 6.61 Å². The molecular formula is C11H11NOS. The first kappa shape index (κ1) is 9.37. The number of rotatable bonds is 1. The Labute approximate surface area is 87.8 Å². The van der Waals surface area contributed by atoms with E-state index in [9.17, 15) is 0 Å². The minimum atomic E-state index is 0.0109. The molecule has 0 fully saturated rings. The zero-order chi connectivity index (χ0) is 10.1. The van der Waals surface area contributed by atoms with E-state index in [0.29, 0.717) is 5.69 Å². The fraction of sp³-hybridized carbons (Fsp3) is 0.0909. The summed E-state index contributed by atoms with van der Waals surface area (Å²) < 4.78 is 0. The molecule has 0 spiro atoms. The minimum absolute atomic E-state index is 0.0109. The first-order valence-electron chi connectivity index (χ1n) is 4.33. The lowest BCUT2D eigenvalue weighted by atomic mass is 10.1. The van der Waals surface area contributed by atoms with Crippen molar-refractivity contribution in [2.45, 2.75) is 11.5 Å². The number of aliphatic hydroxyl groups is 1. The van der Waals surface area contributed by atoms with E-state index in [1.807, 2.05) is 24.3 Å². The van der Waals surface area contributed by atoms with E-state index >= 15 is 0 Å². The highest BCUT2D eigenvalue weighted by Crippen LogP contribution is 2.28. The summed E-state index contributed by atoms with van der Waals surface area (Å²) in [5, 5.41) is 11.0. The monoisotopic (exact) mass is 205 g/mol. The predicted octanol–water partition coefficient (Wildman–Crippen LogP) is 2.20. The third-order valence-electron chi connectivity index (χ3n) is 2.23. The maximum absolute atomic E-state index is 9.02. The molecule has 0 radical (unpaired) electrons. The lowest BCUT2D eigenvalue weighted by molar-refractivity contribution is 0.282. The fourth-order valence-corrected chi connectivity index (χ4v) is 1.94. The van der Waals surface area contributed by atoms with Crippen LogP contribution in [0.2, 0.25) is 0 Å². The highest BCUT2D eigenvalue weighted by atomic mass is 32.1. The molecule has 0 heterocycles. The van der Waals surface area contributed by atoms with Crippen LogP contribution in [0.3, 0.4) is 0 Å². The molecule has 2 aromatic carbocycles. The van der Waals surface area contributed by atoms with Crippen LogP contribution < -0.4 is 5.73 Å². The van der Waals surface area contributed by atoms with Gasteiger partial charge in [-0.25, -0.2) is 0 Å². The summed E-state index contributed by atoms with van der Waals surface area (Å²) in [7, 11) is 0. The molecule has 72 valence electrons. The number of nitrogen functional groups attached to an aromatic ring is 1. The molecule has 3 heteroatoms. The SMILES string of the molecule is Nc1cc(CO)cc2cccc(S)c12. The Morgan fingerprint density at radius 3 is 2.79 bits per heavy atom. The van der Waals surface area contributed by atoms with Crippen molar-refractivity contribution in [1.82, 2.24) is 0 Å². The smallest absolute Gasteiger partial charge is 0.0682 e. The Hall–Kier alpha value is -1.19. The number of hydrogen-bond acceptors (Lipinski definition) is 3. The van der Waals surface area contributed by atoms with Crippen LogP contribution >= 0.6 is 12.6 Å². The van der Waals surface area contributed by atoms with Crippen LogP contribution in [-0.4, -0.2) is 5.11 Å². The molecule has 0 aromatic heterocycles. The lowest BCUT2D eigenvalue weighted by Crippen LogP contribution is -1.92. The first-order chi connectivity index (χ1) is 6.72. The van der Waals surface area contributed by atoms with E-state index in [1.54, 1.807) is 6.07 Å². The summed E-state index contributed by atoms with van der Waals surface area (Å²) in [5.74, 6) is 0. The van der Waals surface area contributed by atoms with Crippen molar-refractivity contribution in [3.63, 3.8) is 0 Å². The van der Waals surface area contributed by atoms with Gasteiger partial charge in [-0.05, 0) is 29.1 Å². The Bertz CT molecular complexity index is 482. The quantitative estimate of drug-likeness (QED) is 0.493. The van der Waals surface area contributed by atoms with Crippen LogP contribution in [0.15, 0.2) is 35.2 Å². The third-order valence-corrected chi connectivity index (χ3v) is 2.60. The largest absolute Gasteiger partial charge is 0.398 e. The summed E-state index contributed by atoms with van der Waals surface area (Å²) in [6.45, 7) is 0.0109. The molecule has 2 nitrogen and oxygen atoms in total. The molecular weight excluding hydrogens is 194 g/mol. The van der Waals surface area contributed by atoms with E-state index in [2.05, 4.69) is 12.6 Å². The number of anilines is 1. The second-order valence-corrected chi connectivity index (χ2v) is 3.70. The van der Waals surface area contributed by atoms with Gasteiger partial charge in [-0.15, -0.1) is 12.6 Å². The highest BCUT2D eigenvalue weighted by molar-refractivity contribution is 7.80. The number of nitrogens with two attached hydrogens (primary N) is 1. The minimum Gasteiger partial charge on any atom is -0.398 e. The van der Waals surface area contributed by atoms with Crippen molar-refractivity contribution in [2.75, 3.05) is 5.73 Å². The van der Waals surface area contributed by atoms with Gasteiger partial charge >= 0.3 is 0 Å². The van der Waals surface area contributed by atoms with Gasteiger partial charge in [0.25, 0.3) is 0 Å². The Kier molecular flexibility index (Phi) is 2.35. The molecule has 0 amide bonds. The van der Waals surface area contributed by atoms with Gasteiger partial charge in [-0.3, -0.25) is 0 Å². The van der Waals surface area contributed by atoms with Crippen LogP contribution in [0, 0.1) is 0 Å². The van der Waals surface area contributed by atoms with Gasteiger partial charge in [0.15, 0.2) is 0 Å². The molecule has 0 unspecified atom stereocenters. The van der Waals surface area contributed by atoms with Gasteiger partial charge < -0.3 is 10.8 Å². The number of aliphatic hydroxyl groups excluding tert-OH is 1. The van der Waals surface area contributed by atoms with Crippen molar-refractivity contribution in [2.24, 2.45) is 0 Å². The van der Waals surface area contributed by atoms with Crippen molar-refractivity contribution >= 4 is 29.1 Å². The molecule has 0 aliphatic carbocycles. The topological polar surface area (TPSA) is 46.2 Å². The fourth-order valence-electron chi connectivity index (χ4n) is 1.60. The molecule has 2 rings (SSSR count). The lowest BCUT2D eigenvalue weighted by Gasteiger charge is -2.07.